The van der Waals surface area contributed by atoms with Gasteiger partial charge in [0.15, 0.2) is 0 Å². The van der Waals surface area contributed by atoms with Crippen LogP contribution in [0.3, 0.4) is 0 Å². The van der Waals surface area contributed by atoms with Crippen LogP contribution >= 0.6 is 0 Å². The molecular formula is C37H51F2N5O4. The Bertz CT molecular complexity index is 1460. The molecule has 1 aliphatic carbocycles. The van der Waals surface area contributed by atoms with Crippen molar-refractivity contribution >= 4 is 17.7 Å². The van der Waals surface area contributed by atoms with E-state index in [2.05, 4.69) is 37.5 Å². The fourth-order valence-electron chi connectivity index (χ4n) is 8.35. The number of amides is 3. The third kappa shape index (κ3) is 7.04. The van der Waals surface area contributed by atoms with Gasteiger partial charge in [0.25, 0.3) is 5.91 Å². The van der Waals surface area contributed by atoms with E-state index in [0.29, 0.717) is 49.6 Å². The van der Waals surface area contributed by atoms with Crippen LogP contribution in [0.15, 0.2) is 41.2 Å². The van der Waals surface area contributed by atoms with Crippen molar-refractivity contribution in [2.45, 2.75) is 89.4 Å². The Hall–Kier alpha value is -3.31. The van der Waals surface area contributed by atoms with E-state index in [1.165, 1.54) is 24.7 Å². The Balaban J connectivity index is 1.35. The third-order valence-corrected chi connectivity index (χ3v) is 11.4. The van der Waals surface area contributed by atoms with E-state index < -0.39 is 29.5 Å². The highest BCUT2D eigenvalue weighted by atomic mass is 19.1. The predicted octanol–water partition coefficient (Wildman–Crippen LogP) is 4.84. The molecule has 1 saturated carbocycles. The van der Waals surface area contributed by atoms with Crippen LogP contribution in [0.4, 0.5) is 8.78 Å². The largest absolute Gasteiger partial charge is 0.472 e. The van der Waals surface area contributed by atoms with Crippen molar-refractivity contribution in [3.8, 4) is 0 Å². The first-order chi connectivity index (χ1) is 22.8. The van der Waals surface area contributed by atoms with E-state index in [-0.39, 0.29) is 41.9 Å². The van der Waals surface area contributed by atoms with Crippen LogP contribution in [0, 0.1) is 23.5 Å². The molecule has 262 valence electrons. The van der Waals surface area contributed by atoms with Crippen LogP contribution < -0.4 is 0 Å². The number of rotatable bonds is 6. The molecule has 4 atom stereocenters. The Kier molecular flexibility index (Phi) is 10.0. The Morgan fingerprint density at radius 2 is 1.60 bits per heavy atom. The van der Waals surface area contributed by atoms with E-state index in [1.807, 2.05) is 16.8 Å². The van der Waals surface area contributed by atoms with Crippen molar-refractivity contribution in [3.63, 3.8) is 0 Å². The molecule has 48 heavy (non-hydrogen) atoms. The maximum Gasteiger partial charge on any atom is 0.257 e. The van der Waals surface area contributed by atoms with E-state index in [9.17, 15) is 18.8 Å². The standard InChI is InChI=1S/C37H51F2N5O4/c1-24-6-9-27(10-7-24)44(34(45)25-12-17-48-23-25)28-19-33(36(47)41-15-13-40(5)14-16-41)43(20-28)35(46)31-22-42(37(2,3)4)21-30(31)29-11-8-26(38)18-32(29)39/h8,11-12,17-18,23-24,27-28,30-31,33H,6-7,9-10,13-16,19-22H2,1-5H3/t24?,27?,28-,30-,31+,33-/m0/s1. The Labute approximate surface area is 283 Å². The van der Waals surface area contributed by atoms with Gasteiger partial charge in [-0.3, -0.25) is 19.3 Å². The monoisotopic (exact) mass is 667 g/mol. The summed E-state index contributed by atoms with van der Waals surface area (Å²) >= 11 is 0. The third-order valence-electron chi connectivity index (χ3n) is 11.4. The molecule has 3 saturated heterocycles. The van der Waals surface area contributed by atoms with Gasteiger partial charge in [0, 0.05) is 69.4 Å². The molecule has 0 spiro atoms. The van der Waals surface area contributed by atoms with Crippen molar-refractivity contribution < 1.29 is 27.6 Å². The van der Waals surface area contributed by atoms with Crippen molar-refractivity contribution in [2.24, 2.45) is 11.8 Å². The van der Waals surface area contributed by atoms with Crippen molar-refractivity contribution in [1.82, 2.24) is 24.5 Å². The second kappa shape index (κ2) is 13.9. The van der Waals surface area contributed by atoms with Gasteiger partial charge in [-0.1, -0.05) is 13.0 Å². The van der Waals surface area contributed by atoms with Gasteiger partial charge in [-0.15, -0.1) is 0 Å². The highest BCUT2D eigenvalue weighted by Gasteiger charge is 2.51. The molecule has 1 aromatic carbocycles. The second-order valence-corrected chi connectivity index (χ2v) is 15.6. The SMILES string of the molecule is CC1CCC(N(C(=O)c2ccoc2)[C@H]2C[C@@H](C(=O)N3CCN(C)CC3)N(C(=O)[C@@H]3CN(C(C)(C)C)C[C@H]3c3ccc(F)cc3F)C2)CC1. The minimum Gasteiger partial charge on any atom is -0.472 e. The molecule has 4 fully saturated rings. The number of carbonyl (C=O) groups excluding carboxylic acids is 3. The number of carbonyl (C=O) groups is 3. The fourth-order valence-corrected chi connectivity index (χ4v) is 8.35. The number of nitrogens with zero attached hydrogens (tertiary/aromatic N) is 5. The lowest BCUT2D eigenvalue weighted by molar-refractivity contribution is -0.147. The van der Waals surface area contributed by atoms with Crippen LogP contribution in [0.2, 0.25) is 0 Å². The first-order valence-corrected chi connectivity index (χ1v) is 17.6. The topological polar surface area (TPSA) is 80.5 Å². The second-order valence-electron chi connectivity index (χ2n) is 15.6. The number of hydrogen-bond donors (Lipinski definition) is 0. The molecule has 0 unspecified atom stereocenters. The maximum absolute atomic E-state index is 15.3. The van der Waals surface area contributed by atoms with Gasteiger partial charge in [-0.05, 0) is 83.5 Å². The number of benzene rings is 1. The molecule has 6 rings (SSSR count). The molecule has 2 aromatic rings. The van der Waals surface area contributed by atoms with Crippen LogP contribution in [0.1, 0.15) is 81.6 Å². The predicted molar refractivity (Wildman–Crippen MR) is 178 cm³/mol. The minimum atomic E-state index is -0.740. The van der Waals surface area contributed by atoms with E-state index in [1.54, 1.807) is 11.0 Å². The number of likely N-dealkylation sites (N-methyl/N-ethyl adjacent to an activating group) is 1. The first kappa shape index (κ1) is 34.5. The summed E-state index contributed by atoms with van der Waals surface area (Å²) in [5.41, 5.74) is 0.481. The van der Waals surface area contributed by atoms with E-state index in [4.69, 9.17) is 4.42 Å². The summed E-state index contributed by atoms with van der Waals surface area (Å²) in [5.74, 6) is -2.35. The number of piperazine rings is 1. The van der Waals surface area contributed by atoms with Crippen LogP contribution in [0.25, 0.3) is 0 Å². The van der Waals surface area contributed by atoms with Crippen molar-refractivity contribution in [2.75, 3.05) is 52.9 Å². The average molecular weight is 668 g/mol. The summed E-state index contributed by atoms with van der Waals surface area (Å²) in [6, 6.07) is 4.14. The van der Waals surface area contributed by atoms with Gasteiger partial charge in [0.05, 0.1) is 23.8 Å². The zero-order valence-corrected chi connectivity index (χ0v) is 29.0. The van der Waals surface area contributed by atoms with Gasteiger partial charge in [-0.2, -0.15) is 0 Å². The minimum absolute atomic E-state index is 0.00744. The van der Waals surface area contributed by atoms with Gasteiger partial charge < -0.3 is 24.0 Å². The molecule has 11 heteroatoms. The number of halogens is 2. The van der Waals surface area contributed by atoms with E-state index in [0.717, 1.165) is 44.8 Å². The van der Waals surface area contributed by atoms with Crippen molar-refractivity contribution in [3.05, 3.63) is 59.6 Å². The average Bonchev–Trinajstić information content (AvgIpc) is 3.82. The van der Waals surface area contributed by atoms with E-state index >= 15 is 4.39 Å². The Morgan fingerprint density at radius 1 is 0.896 bits per heavy atom. The molecule has 0 radical (unpaired) electrons. The van der Waals surface area contributed by atoms with Crippen LogP contribution in [-0.4, -0.2) is 119 Å². The lowest BCUT2D eigenvalue weighted by Crippen LogP contribution is -2.54. The zero-order chi connectivity index (χ0) is 34.3. The maximum atomic E-state index is 15.3. The summed E-state index contributed by atoms with van der Waals surface area (Å²) in [5, 5.41) is 0. The fraction of sp³-hybridized carbons (Fsp3) is 0.649. The molecule has 0 bridgehead atoms. The van der Waals surface area contributed by atoms with Crippen LogP contribution in [-0.2, 0) is 9.59 Å². The summed E-state index contributed by atoms with van der Waals surface area (Å²) < 4.78 is 34.6. The molecular weight excluding hydrogens is 616 g/mol. The highest BCUT2D eigenvalue weighted by Crippen LogP contribution is 2.41. The lowest BCUT2D eigenvalue weighted by atomic mass is 9.85. The van der Waals surface area contributed by atoms with Gasteiger partial charge >= 0.3 is 0 Å². The highest BCUT2D eigenvalue weighted by molar-refractivity contribution is 5.95. The lowest BCUT2D eigenvalue weighted by Gasteiger charge is -2.40. The molecule has 3 aliphatic heterocycles. The summed E-state index contributed by atoms with van der Waals surface area (Å²) in [6.07, 6.45) is 7.05. The van der Waals surface area contributed by atoms with Crippen molar-refractivity contribution in [1.29, 1.82) is 0 Å². The molecule has 4 aliphatic rings. The summed E-state index contributed by atoms with van der Waals surface area (Å²) in [6.45, 7) is 12.1. The quantitative estimate of drug-likeness (QED) is 0.439. The zero-order valence-electron chi connectivity index (χ0n) is 29.0. The first-order valence-electron chi connectivity index (χ1n) is 17.6. The number of hydrogen-bond acceptors (Lipinski definition) is 6. The molecule has 1 aromatic heterocycles. The summed E-state index contributed by atoms with van der Waals surface area (Å²) in [7, 11) is 2.03. The molecule has 4 heterocycles. The molecule has 3 amide bonds. The molecule has 0 N–H and O–H groups in total. The number of furan rings is 1. The van der Waals surface area contributed by atoms with Crippen LogP contribution in [0.5, 0.6) is 0 Å². The van der Waals surface area contributed by atoms with Gasteiger partial charge in [-0.25, -0.2) is 8.78 Å². The smallest absolute Gasteiger partial charge is 0.257 e. The summed E-state index contributed by atoms with van der Waals surface area (Å²) in [4.78, 5) is 53.3. The Morgan fingerprint density at radius 3 is 2.23 bits per heavy atom. The van der Waals surface area contributed by atoms with Gasteiger partial charge in [0.1, 0.15) is 23.9 Å². The number of likely N-dealkylation sites (tertiary alicyclic amines) is 2. The molecule has 9 nitrogen and oxygen atoms in total. The van der Waals surface area contributed by atoms with Gasteiger partial charge in [0.2, 0.25) is 11.8 Å². The normalized spacial score (nSPS) is 29.0.